The predicted octanol–water partition coefficient (Wildman–Crippen LogP) is 16.2. The second-order valence-corrected chi connectivity index (χ2v) is 18.4. The van der Waals surface area contributed by atoms with Gasteiger partial charge in [0.15, 0.2) is 0 Å². The van der Waals surface area contributed by atoms with Crippen LogP contribution in [-0.4, -0.2) is 46.9 Å². The van der Waals surface area contributed by atoms with E-state index in [9.17, 15) is 19.8 Å². The third-order valence-electron chi connectivity index (χ3n) is 12.3. The van der Waals surface area contributed by atoms with Gasteiger partial charge >= 0.3 is 5.97 Å². The fraction of sp³-hybridized carbons (Fsp3) is 0.821. The number of hydrogen-bond donors (Lipinski definition) is 3. The summed E-state index contributed by atoms with van der Waals surface area (Å²) < 4.78 is 5.93. The maximum absolute atomic E-state index is 13.2. The van der Waals surface area contributed by atoms with E-state index in [2.05, 4.69) is 50.4 Å². The molecule has 3 N–H and O–H groups in total. The number of nitrogens with one attached hydrogen (secondary N) is 1. The molecule has 0 saturated carbocycles. The minimum absolute atomic E-state index is 0.0539. The number of rotatable bonds is 48. The number of carbonyl (C=O) groups is 2. The summed E-state index contributed by atoms with van der Waals surface area (Å²) in [6, 6.07) is -0.713. The maximum atomic E-state index is 13.2. The van der Waals surface area contributed by atoms with Gasteiger partial charge in [-0.15, -0.1) is 0 Å². The molecule has 1 amide bonds. The van der Waals surface area contributed by atoms with Crippen molar-refractivity contribution in [1.29, 1.82) is 0 Å². The number of esters is 1. The maximum Gasteiger partial charge on any atom is 0.306 e. The molecular weight excluding hydrogens is 767 g/mol. The molecule has 0 fully saturated rings. The van der Waals surface area contributed by atoms with Crippen LogP contribution in [0.1, 0.15) is 271 Å². The minimum Gasteiger partial charge on any atom is -0.462 e. The van der Waals surface area contributed by atoms with E-state index in [4.69, 9.17) is 4.74 Å². The highest BCUT2D eigenvalue weighted by atomic mass is 16.5. The van der Waals surface area contributed by atoms with Gasteiger partial charge in [-0.1, -0.05) is 262 Å². The summed E-state index contributed by atoms with van der Waals surface area (Å²) in [7, 11) is 0. The van der Waals surface area contributed by atoms with Crippen LogP contribution in [0.2, 0.25) is 0 Å². The first-order valence-electron chi connectivity index (χ1n) is 26.9. The summed E-state index contributed by atoms with van der Waals surface area (Å²) in [5, 5.41) is 23.8. The monoisotopic (exact) mass is 870 g/mol. The Kier molecular flexibility index (Phi) is 48.1. The molecular formula is C56H103NO5. The van der Waals surface area contributed by atoms with Crippen molar-refractivity contribution in [3.8, 4) is 0 Å². The Bertz CT molecular complexity index is 1070. The van der Waals surface area contributed by atoms with Gasteiger partial charge in [0, 0.05) is 6.42 Å². The van der Waals surface area contributed by atoms with Crippen LogP contribution in [0.3, 0.4) is 0 Å². The van der Waals surface area contributed by atoms with E-state index in [1.807, 2.05) is 24.3 Å². The SMILES string of the molecule is CC/C=C/C=C/C=C/C=C\CCCCCC(CC(=O)NC(CO)C(O)CCCCCCCCCCCCCC)OC(=O)CCCCCCCCCCCCCCCCCCCC. The number of ether oxygens (including phenoxy) is 1. The van der Waals surface area contributed by atoms with Crippen LogP contribution < -0.4 is 5.32 Å². The van der Waals surface area contributed by atoms with E-state index >= 15 is 0 Å². The van der Waals surface area contributed by atoms with Crippen molar-refractivity contribution in [3.63, 3.8) is 0 Å². The second-order valence-electron chi connectivity index (χ2n) is 18.4. The lowest BCUT2D eigenvalue weighted by atomic mass is 10.0. The van der Waals surface area contributed by atoms with Gasteiger partial charge in [0.1, 0.15) is 6.10 Å². The number of aliphatic hydroxyl groups excluding tert-OH is 2. The van der Waals surface area contributed by atoms with E-state index < -0.39 is 18.2 Å². The third kappa shape index (κ3) is 44.4. The van der Waals surface area contributed by atoms with E-state index in [1.54, 1.807) is 0 Å². The number of amides is 1. The van der Waals surface area contributed by atoms with Gasteiger partial charge < -0.3 is 20.3 Å². The third-order valence-corrected chi connectivity index (χ3v) is 12.3. The van der Waals surface area contributed by atoms with Crippen LogP contribution >= 0.6 is 0 Å². The average molecular weight is 870 g/mol. The van der Waals surface area contributed by atoms with Crippen molar-refractivity contribution < 1.29 is 24.5 Å². The fourth-order valence-electron chi connectivity index (χ4n) is 8.21. The average Bonchev–Trinajstić information content (AvgIpc) is 3.26. The largest absolute Gasteiger partial charge is 0.462 e. The Labute approximate surface area is 385 Å². The van der Waals surface area contributed by atoms with Gasteiger partial charge in [-0.2, -0.15) is 0 Å². The number of aliphatic hydroxyl groups is 2. The van der Waals surface area contributed by atoms with Crippen molar-refractivity contribution in [2.75, 3.05) is 6.61 Å². The van der Waals surface area contributed by atoms with Gasteiger partial charge in [0.2, 0.25) is 5.91 Å². The van der Waals surface area contributed by atoms with Crippen LogP contribution in [0.15, 0.2) is 48.6 Å². The smallest absolute Gasteiger partial charge is 0.306 e. The van der Waals surface area contributed by atoms with Crippen molar-refractivity contribution in [1.82, 2.24) is 5.32 Å². The molecule has 0 aromatic heterocycles. The topological polar surface area (TPSA) is 95.9 Å². The highest BCUT2D eigenvalue weighted by molar-refractivity contribution is 5.77. The predicted molar refractivity (Wildman–Crippen MR) is 269 cm³/mol. The molecule has 62 heavy (non-hydrogen) atoms. The molecule has 0 aliphatic rings. The van der Waals surface area contributed by atoms with Crippen molar-refractivity contribution >= 4 is 11.9 Å². The lowest BCUT2D eigenvalue weighted by Crippen LogP contribution is -2.46. The molecule has 0 aromatic carbocycles. The first-order chi connectivity index (χ1) is 30.5. The molecule has 6 heteroatoms. The number of allylic oxidation sites excluding steroid dienone is 8. The molecule has 6 nitrogen and oxygen atoms in total. The molecule has 0 rings (SSSR count). The molecule has 0 heterocycles. The lowest BCUT2D eigenvalue weighted by molar-refractivity contribution is -0.151. The van der Waals surface area contributed by atoms with Crippen LogP contribution in [-0.2, 0) is 14.3 Å². The Morgan fingerprint density at radius 1 is 0.484 bits per heavy atom. The first kappa shape index (κ1) is 59.8. The quantitative estimate of drug-likeness (QED) is 0.0322. The molecule has 0 aromatic rings. The summed E-state index contributed by atoms with van der Waals surface area (Å²) in [4.78, 5) is 26.2. The molecule has 0 saturated heterocycles. The van der Waals surface area contributed by atoms with E-state index in [0.717, 1.165) is 70.6 Å². The normalized spacial score (nSPS) is 13.6. The van der Waals surface area contributed by atoms with Crippen molar-refractivity contribution in [2.24, 2.45) is 0 Å². The van der Waals surface area contributed by atoms with E-state index in [0.29, 0.717) is 19.3 Å². The molecule has 3 atom stereocenters. The van der Waals surface area contributed by atoms with Gasteiger partial charge in [0.25, 0.3) is 0 Å². The Morgan fingerprint density at radius 2 is 0.871 bits per heavy atom. The Morgan fingerprint density at radius 3 is 1.32 bits per heavy atom. The summed E-state index contributed by atoms with van der Waals surface area (Å²) >= 11 is 0. The highest BCUT2D eigenvalue weighted by Crippen LogP contribution is 2.18. The zero-order valence-electron chi connectivity index (χ0n) is 41.3. The van der Waals surface area contributed by atoms with E-state index in [-0.39, 0.29) is 24.9 Å². The number of unbranched alkanes of at least 4 members (excludes halogenated alkanes) is 31. The summed E-state index contributed by atoms with van der Waals surface area (Å²) in [6.07, 6.45) is 60.3. The van der Waals surface area contributed by atoms with Crippen molar-refractivity contribution in [2.45, 2.75) is 289 Å². The van der Waals surface area contributed by atoms with Crippen LogP contribution in [0, 0.1) is 0 Å². The highest BCUT2D eigenvalue weighted by Gasteiger charge is 2.24. The molecule has 0 radical (unpaired) electrons. The van der Waals surface area contributed by atoms with Gasteiger partial charge in [-0.05, 0) is 44.9 Å². The molecule has 0 bridgehead atoms. The number of hydrogen-bond acceptors (Lipinski definition) is 5. The summed E-state index contributed by atoms with van der Waals surface area (Å²) in [5.41, 5.74) is 0. The molecule has 0 aliphatic heterocycles. The van der Waals surface area contributed by atoms with Gasteiger partial charge in [0.05, 0.1) is 25.2 Å². The van der Waals surface area contributed by atoms with E-state index in [1.165, 1.54) is 154 Å². The molecule has 3 unspecified atom stereocenters. The van der Waals surface area contributed by atoms with Gasteiger partial charge in [-0.25, -0.2) is 0 Å². The fourth-order valence-corrected chi connectivity index (χ4v) is 8.21. The summed E-state index contributed by atoms with van der Waals surface area (Å²) in [6.45, 7) is 6.35. The molecule has 0 aliphatic carbocycles. The lowest BCUT2D eigenvalue weighted by Gasteiger charge is -2.24. The minimum atomic E-state index is -0.797. The molecule has 362 valence electrons. The Balaban J connectivity index is 4.55. The zero-order valence-corrected chi connectivity index (χ0v) is 41.3. The van der Waals surface area contributed by atoms with Gasteiger partial charge in [-0.3, -0.25) is 9.59 Å². The Hall–Kier alpha value is -2.18. The standard InChI is InChI=1S/C56H103NO5/c1-4-7-10-13-16-19-22-25-26-27-28-29-31-34-37-40-43-46-49-56(61)62-52(47-44-41-38-35-32-30-23-20-17-14-11-8-5-2)50-55(60)57-53(51-58)54(59)48-45-42-39-36-33-24-21-18-15-12-9-6-3/h8,11,14,17,20,23,30,32,52-54,58-59H,4-7,9-10,12-13,15-16,18-19,21-22,24-29,31,33-51H2,1-3H3,(H,57,60)/b11-8+,17-14+,23-20+,32-30-. The first-order valence-corrected chi connectivity index (χ1v) is 26.9. The van der Waals surface area contributed by atoms with Crippen LogP contribution in [0.4, 0.5) is 0 Å². The molecule has 0 spiro atoms. The second kappa shape index (κ2) is 49.8. The summed E-state index contributed by atoms with van der Waals surface area (Å²) in [5.74, 6) is -0.503. The van der Waals surface area contributed by atoms with Crippen LogP contribution in [0.25, 0.3) is 0 Å². The van der Waals surface area contributed by atoms with Crippen LogP contribution in [0.5, 0.6) is 0 Å². The zero-order chi connectivity index (χ0) is 45.2. The van der Waals surface area contributed by atoms with Crippen molar-refractivity contribution in [3.05, 3.63) is 48.6 Å². The number of carbonyl (C=O) groups excluding carboxylic acids is 2.